The lowest BCUT2D eigenvalue weighted by Gasteiger charge is -2.14. The van der Waals surface area contributed by atoms with Crippen LogP contribution < -0.4 is 0 Å². The van der Waals surface area contributed by atoms with Gasteiger partial charge in [-0.05, 0) is 44.6 Å². The predicted molar refractivity (Wildman–Crippen MR) is 109 cm³/mol. The Labute approximate surface area is 163 Å². The summed E-state index contributed by atoms with van der Waals surface area (Å²) in [5, 5.41) is 28.2. The standard InChI is InChI=1S/C22H36O5/c1-2-3-4-5-6-7-8-9-10-11-13-16-19(23)22(27)20(24)17-14-12-15-18-21(25)26/h6-7,9-10,13,16,20,22,24,27H,2-5,8,11-12,14-15,17-18H2,1H3,(H,25,26)/b7-6-,10-9-,16-13-. The van der Waals surface area contributed by atoms with E-state index in [9.17, 15) is 19.8 Å². The van der Waals surface area contributed by atoms with Gasteiger partial charge in [-0.1, -0.05) is 63.0 Å². The summed E-state index contributed by atoms with van der Waals surface area (Å²) < 4.78 is 0. The fraction of sp³-hybridized carbons (Fsp3) is 0.636. The number of carbonyl (C=O) groups excluding carboxylic acids is 1. The first-order chi connectivity index (χ1) is 13.0. The van der Waals surface area contributed by atoms with E-state index < -0.39 is 24.0 Å². The van der Waals surface area contributed by atoms with Crippen molar-refractivity contribution in [2.75, 3.05) is 0 Å². The van der Waals surface area contributed by atoms with Crippen molar-refractivity contribution in [2.45, 2.75) is 89.8 Å². The van der Waals surface area contributed by atoms with E-state index in [0.29, 0.717) is 25.7 Å². The van der Waals surface area contributed by atoms with Crippen LogP contribution in [-0.4, -0.2) is 39.3 Å². The molecule has 2 atom stereocenters. The van der Waals surface area contributed by atoms with Crippen LogP contribution in [-0.2, 0) is 9.59 Å². The largest absolute Gasteiger partial charge is 0.481 e. The first-order valence-corrected chi connectivity index (χ1v) is 10.1. The van der Waals surface area contributed by atoms with Gasteiger partial charge in [-0.2, -0.15) is 0 Å². The van der Waals surface area contributed by atoms with Crippen LogP contribution in [0.15, 0.2) is 36.5 Å². The van der Waals surface area contributed by atoms with E-state index in [-0.39, 0.29) is 12.8 Å². The van der Waals surface area contributed by atoms with Gasteiger partial charge >= 0.3 is 5.97 Å². The molecular weight excluding hydrogens is 344 g/mol. The summed E-state index contributed by atoms with van der Waals surface area (Å²) >= 11 is 0. The molecule has 3 N–H and O–H groups in total. The first-order valence-electron chi connectivity index (χ1n) is 10.1. The summed E-state index contributed by atoms with van der Waals surface area (Å²) in [5.41, 5.74) is 0. The van der Waals surface area contributed by atoms with E-state index >= 15 is 0 Å². The molecule has 0 fully saturated rings. The third-order valence-corrected chi connectivity index (χ3v) is 4.18. The van der Waals surface area contributed by atoms with Gasteiger partial charge in [-0.25, -0.2) is 0 Å². The molecule has 0 aromatic rings. The molecule has 5 nitrogen and oxygen atoms in total. The predicted octanol–water partition coefficient (Wildman–Crippen LogP) is 4.34. The molecule has 154 valence electrons. The van der Waals surface area contributed by atoms with Crippen molar-refractivity contribution in [1.82, 2.24) is 0 Å². The number of hydrogen-bond donors (Lipinski definition) is 3. The van der Waals surface area contributed by atoms with Crippen LogP contribution >= 0.6 is 0 Å². The summed E-state index contributed by atoms with van der Waals surface area (Å²) in [4.78, 5) is 22.2. The molecule has 0 aliphatic rings. The summed E-state index contributed by atoms with van der Waals surface area (Å²) in [6, 6.07) is 0. The maximum Gasteiger partial charge on any atom is 0.303 e. The average Bonchev–Trinajstić information content (AvgIpc) is 2.64. The van der Waals surface area contributed by atoms with Crippen LogP contribution in [0.4, 0.5) is 0 Å². The fourth-order valence-electron chi connectivity index (χ4n) is 2.51. The molecule has 0 aromatic carbocycles. The summed E-state index contributed by atoms with van der Waals surface area (Å²) in [7, 11) is 0. The Morgan fingerprint density at radius 1 is 0.852 bits per heavy atom. The van der Waals surface area contributed by atoms with Gasteiger partial charge in [0.1, 0.15) is 6.10 Å². The lowest BCUT2D eigenvalue weighted by molar-refractivity contribution is -0.137. The first kappa shape index (κ1) is 25.3. The Kier molecular flexibility index (Phi) is 16.6. The highest BCUT2D eigenvalue weighted by atomic mass is 16.4. The number of ketones is 1. The van der Waals surface area contributed by atoms with E-state index in [1.165, 1.54) is 25.3 Å². The van der Waals surface area contributed by atoms with Gasteiger partial charge in [0.2, 0.25) is 0 Å². The van der Waals surface area contributed by atoms with Gasteiger partial charge in [0, 0.05) is 6.42 Å². The number of aliphatic hydroxyl groups is 2. The quantitative estimate of drug-likeness (QED) is 0.198. The SMILES string of the molecule is CCCCC/C=C\C/C=C\C/C=C\C(=O)C(O)C(O)CCCCCC(=O)O. The minimum Gasteiger partial charge on any atom is -0.481 e. The molecule has 0 bridgehead atoms. The van der Waals surface area contributed by atoms with Crippen molar-refractivity contribution in [3.8, 4) is 0 Å². The number of allylic oxidation sites excluding steroid dienone is 5. The van der Waals surface area contributed by atoms with Crippen LogP contribution in [0.25, 0.3) is 0 Å². The number of rotatable bonds is 17. The Bertz CT molecular complexity index is 479. The third kappa shape index (κ3) is 16.2. The van der Waals surface area contributed by atoms with E-state index in [0.717, 1.165) is 12.8 Å². The van der Waals surface area contributed by atoms with Crippen molar-refractivity contribution >= 4 is 11.8 Å². The third-order valence-electron chi connectivity index (χ3n) is 4.18. The molecule has 0 heterocycles. The molecule has 5 heteroatoms. The van der Waals surface area contributed by atoms with Crippen LogP contribution in [0, 0.1) is 0 Å². The van der Waals surface area contributed by atoms with Crippen LogP contribution in [0.2, 0.25) is 0 Å². The fourth-order valence-corrected chi connectivity index (χ4v) is 2.51. The number of hydrogen-bond acceptors (Lipinski definition) is 4. The molecule has 0 amide bonds. The maximum absolute atomic E-state index is 11.8. The lowest BCUT2D eigenvalue weighted by Crippen LogP contribution is -2.32. The number of unbranched alkanes of at least 4 members (excludes halogenated alkanes) is 5. The molecule has 27 heavy (non-hydrogen) atoms. The van der Waals surface area contributed by atoms with Crippen molar-refractivity contribution < 1.29 is 24.9 Å². The van der Waals surface area contributed by atoms with Crippen LogP contribution in [0.3, 0.4) is 0 Å². The minimum atomic E-state index is -1.42. The second-order valence-electron chi connectivity index (χ2n) is 6.72. The number of carboxylic acid groups (broad SMARTS) is 1. The molecule has 0 saturated carbocycles. The topological polar surface area (TPSA) is 94.8 Å². The number of aliphatic hydroxyl groups excluding tert-OH is 2. The molecule has 0 spiro atoms. The molecular formula is C22H36O5. The summed E-state index contributed by atoms with van der Waals surface area (Å²) in [6.07, 6.45) is 17.3. The normalized spacial score (nSPS) is 14.3. The molecule has 0 saturated heterocycles. The molecule has 0 aromatic heterocycles. The second-order valence-corrected chi connectivity index (χ2v) is 6.72. The van der Waals surface area contributed by atoms with E-state index in [1.807, 2.05) is 12.2 Å². The average molecular weight is 381 g/mol. The van der Waals surface area contributed by atoms with Gasteiger partial charge in [0.15, 0.2) is 5.78 Å². The van der Waals surface area contributed by atoms with Crippen molar-refractivity contribution in [2.24, 2.45) is 0 Å². The van der Waals surface area contributed by atoms with E-state index in [4.69, 9.17) is 5.11 Å². The zero-order valence-electron chi connectivity index (χ0n) is 16.6. The zero-order chi connectivity index (χ0) is 20.3. The number of aliphatic carboxylic acids is 1. The van der Waals surface area contributed by atoms with Gasteiger partial charge < -0.3 is 15.3 Å². The van der Waals surface area contributed by atoms with E-state index in [1.54, 1.807) is 6.08 Å². The number of carboxylic acids is 1. The van der Waals surface area contributed by atoms with Gasteiger partial charge in [-0.3, -0.25) is 9.59 Å². The smallest absolute Gasteiger partial charge is 0.303 e. The second kappa shape index (κ2) is 17.7. The molecule has 0 aliphatic heterocycles. The van der Waals surface area contributed by atoms with Gasteiger partial charge in [0.25, 0.3) is 0 Å². The van der Waals surface area contributed by atoms with Crippen LogP contribution in [0.5, 0.6) is 0 Å². The maximum atomic E-state index is 11.8. The Hall–Kier alpha value is -1.72. The molecule has 2 unspecified atom stereocenters. The minimum absolute atomic E-state index is 0.0997. The highest BCUT2D eigenvalue weighted by molar-refractivity contribution is 5.93. The molecule has 0 radical (unpaired) electrons. The van der Waals surface area contributed by atoms with Crippen molar-refractivity contribution in [1.29, 1.82) is 0 Å². The Morgan fingerprint density at radius 2 is 1.52 bits per heavy atom. The van der Waals surface area contributed by atoms with Gasteiger partial charge in [-0.15, -0.1) is 0 Å². The summed E-state index contributed by atoms with van der Waals surface area (Å²) in [6.45, 7) is 2.19. The van der Waals surface area contributed by atoms with Crippen molar-refractivity contribution in [3.05, 3.63) is 36.5 Å². The zero-order valence-corrected chi connectivity index (χ0v) is 16.6. The highest BCUT2D eigenvalue weighted by Crippen LogP contribution is 2.10. The summed E-state index contributed by atoms with van der Waals surface area (Å²) in [5.74, 6) is -1.34. The van der Waals surface area contributed by atoms with E-state index in [2.05, 4.69) is 19.1 Å². The number of carbonyl (C=O) groups is 2. The van der Waals surface area contributed by atoms with Crippen LogP contribution in [0.1, 0.15) is 77.6 Å². The monoisotopic (exact) mass is 380 g/mol. The lowest BCUT2D eigenvalue weighted by atomic mass is 10.0. The van der Waals surface area contributed by atoms with Crippen molar-refractivity contribution in [3.63, 3.8) is 0 Å². The molecule has 0 rings (SSSR count). The van der Waals surface area contributed by atoms with Gasteiger partial charge in [0.05, 0.1) is 6.10 Å². The Morgan fingerprint density at radius 3 is 2.19 bits per heavy atom. The Balaban J connectivity index is 3.86. The molecule has 0 aliphatic carbocycles. The highest BCUT2D eigenvalue weighted by Gasteiger charge is 2.21.